The molecule has 0 bridgehead atoms. The van der Waals surface area contributed by atoms with Gasteiger partial charge in [-0.3, -0.25) is 14.8 Å². The minimum Gasteiger partial charge on any atom is -0.871 e. The number of nitro groups is 1. The fraction of sp³-hybridized carbons (Fsp3) is 0. The summed E-state index contributed by atoms with van der Waals surface area (Å²) < 4.78 is 39.6. The lowest BCUT2D eigenvalue weighted by Crippen LogP contribution is -2.16. The molecule has 0 saturated carbocycles. The number of nitro benzene ring substituents is 1. The Labute approximate surface area is 129 Å². The first-order chi connectivity index (χ1) is 10.2. The summed E-state index contributed by atoms with van der Waals surface area (Å²) in [5, 5.41) is 22.2. The molecule has 0 heterocycles. The van der Waals surface area contributed by atoms with Crippen molar-refractivity contribution in [2.45, 2.75) is 4.90 Å². The van der Waals surface area contributed by atoms with Crippen LogP contribution in [0.3, 0.4) is 0 Å². The molecular weight excluding hydrogens is 339 g/mol. The van der Waals surface area contributed by atoms with Gasteiger partial charge in [-0.1, -0.05) is 23.4 Å². The summed E-state index contributed by atoms with van der Waals surface area (Å²) in [6.45, 7) is 0. The maximum Gasteiger partial charge on any atom is 0.271 e. The molecule has 2 rings (SSSR count). The van der Waals surface area contributed by atoms with Crippen molar-refractivity contribution >= 4 is 33.0 Å². The largest absolute Gasteiger partial charge is 0.871 e. The number of sulfonamides is 1. The van der Waals surface area contributed by atoms with E-state index in [-0.39, 0.29) is 5.02 Å². The quantitative estimate of drug-likeness (QED) is 0.674. The van der Waals surface area contributed by atoms with Crippen molar-refractivity contribution in [2.75, 3.05) is 4.72 Å². The van der Waals surface area contributed by atoms with Gasteiger partial charge in [0, 0.05) is 22.8 Å². The van der Waals surface area contributed by atoms with Gasteiger partial charge < -0.3 is 5.11 Å². The maximum atomic E-state index is 13.7. The van der Waals surface area contributed by atoms with Crippen LogP contribution in [0, 0.1) is 15.9 Å². The predicted molar refractivity (Wildman–Crippen MR) is 74.8 cm³/mol. The van der Waals surface area contributed by atoms with Gasteiger partial charge >= 0.3 is 0 Å². The van der Waals surface area contributed by atoms with Crippen molar-refractivity contribution in [3.8, 4) is 5.75 Å². The molecule has 0 spiro atoms. The van der Waals surface area contributed by atoms with E-state index >= 15 is 0 Å². The summed E-state index contributed by atoms with van der Waals surface area (Å²) in [5.74, 6) is -1.90. The van der Waals surface area contributed by atoms with Gasteiger partial charge in [-0.25, -0.2) is 12.8 Å². The maximum absolute atomic E-state index is 13.7. The van der Waals surface area contributed by atoms with Crippen LogP contribution in [0.25, 0.3) is 0 Å². The number of nitrogens with one attached hydrogen (secondary N) is 1. The molecule has 0 aliphatic carbocycles. The molecular formula is C12H7ClFN2O5S-. The summed E-state index contributed by atoms with van der Waals surface area (Å²) >= 11 is 5.53. The van der Waals surface area contributed by atoms with E-state index in [4.69, 9.17) is 11.6 Å². The van der Waals surface area contributed by atoms with E-state index < -0.39 is 42.8 Å². The van der Waals surface area contributed by atoms with Crippen molar-refractivity contribution in [3.05, 3.63) is 57.4 Å². The van der Waals surface area contributed by atoms with E-state index in [0.29, 0.717) is 0 Å². The van der Waals surface area contributed by atoms with E-state index in [2.05, 4.69) is 0 Å². The van der Waals surface area contributed by atoms with E-state index in [1.165, 1.54) is 0 Å². The number of halogens is 2. The molecule has 0 fully saturated rings. The highest BCUT2D eigenvalue weighted by atomic mass is 35.5. The molecule has 0 atom stereocenters. The Balaban J connectivity index is 2.45. The van der Waals surface area contributed by atoms with Crippen molar-refractivity contribution < 1.29 is 22.8 Å². The lowest BCUT2D eigenvalue weighted by molar-refractivity contribution is -0.385. The van der Waals surface area contributed by atoms with Gasteiger partial charge in [0.2, 0.25) is 0 Å². The van der Waals surface area contributed by atoms with Gasteiger partial charge in [-0.15, -0.1) is 0 Å². The second kappa shape index (κ2) is 5.78. The van der Waals surface area contributed by atoms with Gasteiger partial charge in [0.1, 0.15) is 10.7 Å². The molecule has 0 unspecified atom stereocenters. The summed E-state index contributed by atoms with van der Waals surface area (Å²) in [4.78, 5) is 9.12. The summed E-state index contributed by atoms with van der Waals surface area (Å²) in [6.07, 6.45) is 0. The van der Waals surface area contributed by atoms with Crippen molar-refractivity contribution in [3.63, 3.8) is 0 Å². The molecule has 0 aliphatic rings. The van der Waals surface area contributed by atoms with Crippen LogP contribution >= 0.6 is 11.6 Å². The summed E-state index contributed by atoms with van der Waals surface area (Å²) in [7, 11) is -4.43. The molecule has 1 N–H and O–H groups in total. The standard InChI is InChI=1S/C12H8ClFN2O5S/c13-7-1-4-12(9(14)5-7)22(20,21)15-10-6-8(16(18)19)2-3-11(10)17/h1-6,15,17H/p-1. The lowest BCUT2D eigenvalue weighted by atomic mass is 10.2. The molecule has 0 aromatic heterocycles. The zero-order valence-corrected chi connectivity index (χ0v) is 12.2. The van der Waals surface area contributed by atoms with Gasteiger partial charge in [-0.05, 0) is 18.2 Å². The smallest absolute Gasteiger partial charge is 0.271 e. The van der Waals surface area contributed by atoms with E-state index in [0.717, 1.165) is 36.4 Å². The van der Waals surface area contributed by atoms with E-state index in [9.17, 15) is 28.0 Å². The van der Waals surface area contributed by atoms with Crippen LogP contribution in [0.15, 0.2) is 41.3 Å². The number of anilines is 1. The third-order valence-electron chi connectivity index (χ3n) is 2.60. The first-order valence-corrected chi connectivity index (χ1v) is 7.50. The lowest BCUT2D eigenvalue weighted by Gasteiger charge is -2.15. The molecule has 2 aromatic rings. The van der Waals surface area contributed by atoms with Crippen LogP contribution in [0.2, 0.25) is 5.02 Å². The zero-order valence-electron chi connectivity index (χ0n) is 10.6. The number of non-ortho nitro benzene ring substituents is 1. The summed E-state index contributed by atoms with van der Waals surface area (Å²) in [6, 6.07) is 5.40. The van der Waals surface area contributed by atoms with Crippen LogP contribution in [-0.2, 0) is 10.0 Å². The third-order valence-corrected chi connectivity index (χ3v) is 4.24. The third kappa shape index (κ3) is 3.26. The Kier molecular flexibility index (Phi) is 4.20. The summed E-state index contributed by atoms with van der Waals surface area (Å²) in [5.41, 5.74) is -1.03. The number of hydrogen-bond donors (Lipinski definition) is 1. The molecule has 0 aliphatic heterocycles. The van der Waals surface area contributed by atoms with Gasteiger partial charge in [0.05, 0.1) is 4.92 Å². The van der Waals surface area contributed by atoms with E-state index in [1.54, 1.807) is 0 Å². The molecule has 0 radical (unpaired) electrons. The fourth-order valence-corrected chi connectivity index (χ4v) is 2.88. The molecule has 10 heteroatoms. The molecule has 2 aromatic carbocycles. The molecule has 116 valence electrons. The highest BCUT2D eigenvalue weighted by Crippen LogP contribution is 2.29. The highest BCUT2D eigenvalue weighted by Gasteiger charge is 2.20. The minimum atomic E-state index is -4.43. The molecule has 0 saturated heterocycles. The Morgan fingerprint density at radius 3 is 2.45 bits per heavy atom. The number of nitrogens with zero attached hydrogens (tertiary/aromatic N) is 1. The minimum absolute atomic E-state index is 0.00341. The molecule has 0 amide bonds. The monoisotopic (exact) mass is 345 g/mol. The van der Waals surface area contributed by atoms with Crippen LogP contribution in [0.5, 0.6) is 5.75 Å². The first-order valence-electron chi connectivity index (χ1n) is 5.64. The number of rotatable bonds is 4. The van der Waals surface area contributed by atoms with Gasteiger partial charge in [-0.2, -0.15) is 0 Å². The van der Waals surface area contributed by atoms with Crippen LogP contribution in [0.1, 0.15) is 0 Å². The van der Waals surface area contributed by atoms with Gasteiger partial charge in [0.15, 0.2) is 0 Å². The number of benzene rings is 2. The molecule has 7 nitrogen and oxygen atoms in total. The second-order valence-electron chi connectivity index (χ2n) is 4.12. The van der Waals surface area contributed by atoms with Crippen LogP contribution < -0.4 is 9.83 Å². The zero-order chi connectivity index (χ0) is 16.5. The van der Waals surface area contributed by atoms with Crippen molar-refractivity contribution in [1.82, 2.24) is 0 Å². The van der Waals surface area contributed by atoms with Crippen molar-refractivity contribution in [2.24, 2.45) is 0 Å². The average Bonchev–Trinajstić information content (AvgIpc) is 2.40. The Hall–Kier alpha value is -2.39. The van der Waals surface area contributed by atoms with Crippen LogP contribution in [0.4, 0.5) is 15.8 Å². The Morgan fingerprint density at radius 1 is 1.18 bits per heavy atom. The number of hydrogen-bond acceptors (Lipinski definition) is 5. The fourth-order valence-electron chi connectivity index (χ4n) is 1.60. The normalized spacial score (nSPS) is 11.2. The average molecular weight is 346 g/mol. The topological polar surface area (TPSA) is 112 Å². The highest BCUT2D eigenvalue weighted by molar-refractivity contribution is 7.92. The SMILES string of the molecule is O=[N+]([O-])c1ccc([O-])c(NS(=O)(=O)c2ccc(Cl)cc2F)c1. The predicted octanol–water partition coefficient (Wildman–Crippen LogP) is 2.26. The van der Waals surface area contributed by atoms with Gasteiger partial charge in [0.25, 0.3) is 15.7 Å². The van der Waals surface area contributed by atoms with E-state index in [1.807, 2.05) is 4.72 Å². The van der Waals surface area contributed by atoms with Crippen LogP contribution in [-0.4, -0.2) is 13.3 Å². The molecule has 22 heavy (non-hydrogen) atoms. The van der Waals surface area contributed by atoms with Crippen molar-refractivity contribution in [1.29, 1.82) is 0 Å². The Morgan fingerprint density at radius 2 is 1.86 bits per heavy atom. The first kappa shape index (κ1) is 16.0. The second-order valence-corrected chi connectivity index (χ2v) is 6.21. The Bertz CT molecular complexity index is 857.